The molecule has 0 aromatic carbocycles. The van der Waals surface area contributed by atoms with Gasteiger partial charge in [0.25, 0.3) is 0 Å². The molecule has 0 radical (unpaired) electrons. The number of hydrogen-bond donors (Lipinski definition) is 1. The zero-order valence-corrected chi connectivity index (χ0v) is 12.1. The van der Waals surface area contributed by atoms with Gasteiger partial charge in [0.15, 0.2) is 0 Å². The SMILES string of the molecule is CCc1nnc(OC2CCCCC2NC)nc1CC. The fourth-order valence-corrected chi connectivity index (χ4v) is 2.67. The average molecular weight is 264 g/mol. The van der Waals surface area contributed by atoms with Gasteiger partial charge in [-0.2, -0.15) is 4.98 Å². The van der Waals surface area contributed by atoms with Gasteiger partial charge in [0, 0.05) is 6.04 Å². The van der Waals surface area contributed by atoms with E-state index >= 15 is 0 Å². The number of ether oxygens (including phenoxy) is 1. The number of likely N-dealkylation sites (N-methyl/N-ethyl adjacent to an activating group) is 1. The van der Waals surface area contributed by atoms with Crippen LogP contribution in [0.25, 0.3) is 0 Å². The molecule has 1 aromatic rings. The topological polar surface area (TPSA) is 59.9 Å². The molecular formula is C14H24N4O. The zero-order chi connectivity index (χ0) is 13.7. The molecule has 1 saturated carbocycles. The van der Waals surface area contributed by atoms with Gasteiger partial charge in [-0.3, -0.25) is 0 Å². The minimum atomic E-state index is 0.165. The Labute approximate surface area is 115 Å². The van der Waals surface area contributed by atoms with Crippen LogP contribution in [0.15, 0.2) is 0 Å². The summed E-state index contributed by atoms with van der Waals surface area (Å²) in [5.74, 6) is 0. The maximum Gasteiger partial charge on any atom is 0.336 e. The Balaban J connectivity index is 2.09. The second-order valence-corrected chi connectivity index (χ2v) is 5.03. The highest BCUT2D eigenvalue weighted by Crippen LogP contribution is 2.22. The molecule has 0 amide bonds. The van der Waals surface area contributed by atoms with E-state index in [1.807, 2.05) is 7.05 Å². The van der Waals surface area contributed by atoms with Crippen LogP contribution in [-0.4, -0.2) is 34.4 Å². The highest BCUT2D eigenvalue weighted by atomic mass is 16.5. The van der Waals surface area contributed by atoms with E-state index in [0.717, 1.165) is 37.1 Å². The molecule has 2 atom stereocenters. The number of nitrogens with zero attached hydrogens (tertiary/aromatic N) is 3. The first kappa shape index (κ1) is 14.2. The molecule has 5 nitrogen and oxygen atoms in total. The third-order valence-corrected chi connectivity index (χ3v) is 3.82. The lowest BCUT2D eigenvalue weighted by atomic mass is 9.92. The molecule has 1 aliphatic carbocycles. The van der Waals surface area contributed by atoms with Crippen molar-refractivity contribution in [1.29, 1.82) is 0 Å². The molecule has 1 N–H and O–H groups in total. The maximum atomic E-state index is 5.95. The summed E-state index contributed by atoms with van der Waals surface area (Å²) >= 11 is 0. The van der Waals surface area contributed by atoms with Crippen molar-refractivity contribution in [1.82, 2.24) is 20.5 Å². The summed E-state index contributed by atoms with van der Waals surface area (Å²) in [5.41, 5.74) is 1.98. The molecule has 2 unspecified atom stereocenters. The van der Waals surface area contributed by atoms with Crippen molar-refractivity contribution in [3.8, 4) is 6.01 Å². The third-order valence-electron chi connectivity index (χ3n) is 3.82. The first-order valence-electron chi connectivity index (χ1n) is 7.34. The van der Waals surface area contributed by atoms with E-state index in [4.69, 9.17) is 4.74 Å². The monoisotopic (exact) mass is 264 g/mol. The van der Waals surface area contributed by atoms with Gasteiger partial charge in [0.2, 0.25) is 0 Å². The molecule has 19 heavy (non-hydrogen) atoms. The zero-order valence-electron chi connectivity index (χ0n) is 12.1. The van der Waals surface area contributed by atoms with Crippen molar-refractivity contribution in [2.75, 3.05) is 7.05 Å². The molecule has 2 rings (SSSR count). The standard InChI is InChI=1S/C14H24N4O/c1-4-10-11(5-2)17-18-14(16-10)19-13-9-7-6-8-12(13)15-3/h12-13,15H,4-9H2,1-3H3. The van der Waals surface area contributed by atoms with Crippen molar-refractivity contribution in [3.05, 3.63) is 11.4 Å². The predicted octanol–water partition coefficient (Wildman–Crippen LogP) is 1.91. The van der Waals surface area contributed by atoms with E-state index in [-0.39, 0.29) is 6.10 Å². The number of aryl methyl sites for hydroxylation is 2. The lowest BCUT2D eigenvalue weighted by molar-refractivity contribution is 0.105. The second-order valence-electron chi connectivity index (χ2n) is 5.03. The van der Waals surface area contributed by atoms with Gasteiger partial charge in [-0.1, -0.05) is 25.4 Å². The largest absolute Gasteiger partial charge is 0.457 e. The van der Waals surface area contributed by atoms with E-state index in [2.05, 4.69) is 34.3 Å². The van der Waals surface area contributed by atoms with Crippen LogP contribution in [-0.2, 0) is 12.8 Å². The van der Waals surface area contributed by atoms with Crippen molar-refractivity contribution in [2.24, 2.45) is 0 Å². The third kappa shape index (κ3) is 3.41. The molecule has 0 spiro atoms. The lowest BCUT2D eigenvalue weighted by Gasteiger charge is -2.30. The molecule has 5 heteroatoms. The van der Waals surface area contributed by atoms with Crippen LogP contribution in [0, 0.1) is 0 Å². The van der Waals surface area contributed by atoms with Crippen LogP contribution in [0.4, 0.5) is 0 Å². The second kappa shape index (κ2) is 6.80. The normalized spacial score (nSPS) is 23.3. The average Bonchev–Trinajstić information content (AvgIpc) is 2.47. The molecule has 0 aliphatic heterocycles. The van der Waals surface area contributed by atoms with Crippen LogP contribution in [0.1, 0.15) is 50.9 Å². The van der Waals surface area contributed by atoms with Crippen LogP contribution >= 0.6 is 0 Å². The van der Waals surface area contributed by atoms with E-state index < -0.39 is 0 Å². The fraction of sp³-hybridized carbons (Fsp3) is 0.786. The summed E-state index contributed by atoms with van der Waals surface area (Å²) in [5, 5.41) is 11.7. The Hall–Kier alpha value is -1.23. The quantitative estimate of drug-likeness (QED) is 0.880. The Kier molecular flexibility index (Phi) is 5.07. The first-order chi connectivity index (χ1) is 9.28. The molecular weight excluding hydrogens is 240 g/mol. The van der Waals surface area contributed by atoms with Gasteiger partial charge in [-0.25, -0.2) is 0 Å². The van der Waals surface area contributed by atoms with E-state index in [1.54, 1.807) is 0 Å². The number of rotatable bonds is 5. The molecule has 1 aliphatic rings. The van der Waals surface area contributed by atoms with Crippen molar-refractivity contribution >= 4 is 0 Å². The Morgan fingerprint density at radius 1 is 1.11 bits per heavy atom. The summed E-state index contributed by atoms with van der Waals surface area (Å²) in [6, 6.07) is 0.828. The maximum absolute atomic E-state index is 5.95. The van der Waals surface area contributed by atoms with Crippen molar-refractivity contribution in [3.63, 3.8) is 0 Å². The van der Waals surface area contributed by atoms with Crippen LogP contribution in [0.3, 0.4) is 0 Å². The number of nitrogens with one attached hydrogen (secondary N) is 1. The highest BCUT2D eigenvalue weighted by molar-refractivity contribution is 5.12. The molecule has 1 heterocycles. The molecule has 0 saturated heterocycles. The van der Waals surface area contributed by atoms with Gasteiger partial charge < -0.3 is 10.1 Å². The molecule has 106 valence electrons. The Morgan fingerprint density at radius 3 is 2.53 bits per heavy atom. The number of hydrogen-bond acceptors (Lipinski definition) is 5. The smallest absolute Gasteiger partial charge is 0.336 e. The van der Waals surface area contributed by atoms with Gasteiger partial charge in [-0.05, 0) is 39.2 Å². The molecule has 0 bridgehead atoms. The number of aromatic nitrogens is 3. The van der Waals surface area contributed by atoms with Crippen LogP contribution in [0.5, 0.6) is 6.01 Å². The summed E-state index contributed by atoms with van der Waals surface area (Å²) in [7, 11) is 1.99. The van der Waals surface area contributed by atoms with Crippen molar-refractivity contribution < 1.29 is 4.74 Å². The van der Waals surface area contributed by atoms with Crippen LogP contribution in [0.2, 0.25) is 0 Å². The minimum Gasteiger partial charge on any atom is -0.457 e. The predicted molar refractivity (Wildman–Crippen MR) is 74.3 cm³/mol. The summed E-state index contributed by atoms with van der Waals surface area (Å²) in [6.07, 6.45) is 6.59. The fourth-order valence-electron chi connectivity index (χ4n) is 2.67. The van der Waals surface area contributed by atoms with E-state index in [1.165, 1.54) is 12.8 Å². The van der Waals surface area contributed by atoms with E-state index in [0.29, 0.717) is 12.1 Å². The Bertz CT molecular complexity index is 410. The minimum absolute atomic E-state index is 0.165. The highest BCUT2D eigenvalue weighted by Gasteiger charge is 2.26. The van der Waals surface area contributed by atoms with Gasteiger partial charge in [0.1, 0.15) is 6.10 Å². The molecule has 1 aromatic heterocycles. The summed E-state index contributed by atoms with van der Waals surface area (Å²) < 4.78 is 5.95. The lowest BCUT2D eigenvalue weighted by Crippen LogP contribution is -2.43. The van der Waals surface area contributed by atoms with Gasteiger partial charge in [-0.15, -0.1) is 5.10 Å². The van der Waals surface area contributed by atoms with Crippen molar-refractivity contribution in [2.45, 2.75) is 64.5 Å². The Morgan fingerprint density at radius 2 is 1.84 bits per heavy atom. The summed E-state index contributed by atoms with van der Waals surface area (Å²) in [4.78, 5) is 4.50. The van der Waals surface area contributed by atoms with Gasteiger partial charge >= 0.3 is 6.01 Å². The van der Waals surface area contributed by atoms with E-state index in [9.17, 15) is 0 Å². The van der Waals surface area contributed by atoms with Crippen LogP contribution < -0.4 is 10.1 Å². The first-order valence-corrected chi connectivity index (χ1v) is 7.34. The van der Waals surface area contributed by atoms with Gasteiger partial charge in [0.05, 0.1) is 11.4 Å². The molecule has 1 fully saturated rings. The summed E-state index contributed by atoms with van der Waals surface area (Å²) in [6.45, 7) is 4.16.